The highest BCUT2D eigenvalue weighted by atomic mass is 16.4. The number of benzene rings is 1. The molecule has 0 aliphatic carbocycles. The molecule has 0 radical (unpaired) electrons. The fourth-order valence-corrected chi connectivity index (χ4v) is 1.43. The van der Waals surface area contributed by atoms with E-state index in [9.17, 15) is 14.7 Å². The summed E-state index contributed by atoms with van der Waals surface area (Å²) in [5.41, 5.74) is 3.32. The minimum Gasteiger partial charge on any atom is -0.545 e. The van der Waals surface area contributed by atoms with Crippen molar-refractivity contribution in [3.63, 3.8) is 0 Å². The maximum absolute atomic E-state index is 11.6. The van der Waals surface area contributed by atoms with Gasteiger partial charge in [0.15, 0.2) is 0 Å². The zero-order valence-electron chi connectivity index (χ0n) is 10.3. The number of aromatic carboxylic acids is 1. The van der Waals surface area contributed by atoms with Crippen LogP contribution in [-0.4, -0.2) is 23.1 Å². The van der Waals surface area contributed by atoms with Crippen molar-refractivity contribution in [3.05, 3.63) is 65.5 Å². The highest BCUT2D eigenvalue weighted by Gasteiger charge is 2.03. The van der Waals surface area contributed by atoms with E-state index >= 15 is 0 Å². The van der Waals surface area contributed by atoms with Gasteiger partial charge in [-0.1, -0.05) is 30.3 Å². The zero-order chi connectivity index (χ0) is 14.4. The lowest BCUT2D eigenvalue weighted by molar-refractivity contribution is -0.255. The molecule has 1 N–H and O–H groups in total. The van der Waals surface area contributed by atoms with Crippen LogP contribution in [0.3, 0.4) is 0 Å². The lowest BCUT2D eigenvalue weighted by Crippen LogP contribution is -2.22. The number of amides is 1. The molecule has 6 nitrogen and oxygen atoms in total. The Morgan fingerprint density at radius 2 is 1.90 bits per heavy atom. The van der Waals surface area contributed by atoms with Gasteiger partial charge in [0.2, 0.25) is 0 Å². The Morgan fingerprint density at radius 3 is 2.50 bits per heavy atom. The molecule has 1 aromatic carbocycles. The molecule has 0 unspecified atom stereocenters. The number of nitrogens with one attached hydrogen (secondary N) is 1. The largest absolute Gasteiger partial charge is 0.545 e. The molecular formula is C14H10N3O3-. The fourth-order valence-electron chi connectivity index (χ4n) is 1.43. The van der Waals surface area contributed by atoms with Gasteiger partial charge in [-0.15, -0.1) is 0 Å². The van der Waals surface area contributed by atoms with Crippen molar-refractivity contribution in [1.82, 2.24) is 10.4 Å². The van der Waals surface area contributed by atoms with Gasteiger partial charge in [0.1, 0.15) is 5.69 Å². The third kappa shape index (κ3) is 3.49. The standard InChI is InChI=1S/C14H11N3O3/c18-13(12-3-1-2-8-15-12)17-16-9-10-4-6-11(7-5-10)14(19)20/h1-9H,(H,17,18)(H,19,20)/p-1/b16-9-. The lowest BCUT2D eigenvalue weighted by Gasteiger charge is -2.01. The summed E-state index contributed by atoms with van der Waals surface area (Å²) in [6.45, 7) is 0. The van der Waals surface area contributed by atoms with Crippen LogP contribution in [0.1, 0.15) is 26.4 Å². The third-order valence-electron chi connectivity index (χ3n) is 2.42. The van der Waals surface area contributed by atoms with E-state index in [0.29, 0.717) is 5.56 Å². The first-order valence-electron chi connectivity index (χ1n) is 5.72. The van der Waals surface area contributed by atoms with Crippen molar-refractivity contribution in [2.75, 3.05) is 0 Å². The molecular weight excluding hydrogens is 258 g/mol. The van der Waals surface area contributed by atoms with Gasteiger partial charge in [-0.25, -0.2) is 5.43 Å². The maximum Gasteiger partial charge on any atom is 0.289 e. The number of carbonyl (C=O) groups is 2. The van der Waals surface area contributed by atoms with E-state index in [2.05, 4.69) is 15.5 Å². The molecule has 0 bridgehead atoms. The molecule has 100 valence electrons. The van der Waals surface area contributed by atoms with E-state index < -0.39 is 11.9 Å². The van der Waals surface area contributed by atoms with Gasteiger partial charge < -0.3 is 9.90 Å². The third-order valence-corrected chi connectivity index (χ3v) is 2.42. The van der Waals surface area contributed by atoms with Crippen molar-refractivity contribution in [3.8, 4) is 0 Å². The summed E-state index contributed by atoms with van der Waals surface area (Å²) in [6.07, 6.45) is 2.91. The van der Waals surface area contributed by atoms with Crippen LogP contribution < -0.4 is 10.5 Å². The molecule has 20 heavy (non-hydrogen) atoms. The monoisotopic (exact) mass is 268 g/mol. The molecule has 1 amide bonds. The number of pyridine rings is 1. The number of hydrogen-bond acceptors (Lipinski definition) is 5. The number of carbonyl (C=O) groups excluding carboxylic acids is 2. The van der Waals surface area contributed by atoms with Gasteiger partial charge in [-0.05, 0) is 23.3 Å². The molecule has 1 heterocycles. The second kappa shape index (κ2) is 6.24. The van der Waals surface area contributed by atoms with Crippen LogP contribution in [-0.2, 0) is 0 Å². The zero-order valence-corrected chi connectivity index (χ0v) is 10.3. The summed E-state index contributed by atoms with van der Waals surface area (Å²) >= 11 is 0. The number of carboxylic acids is 1. The SMILES string of the molecule is O=C([O-])c1ccc(/C=N\NC(=O)c2ccccn2)cc1. The Hall–Kier alpha value is -3.02. The summed E-state index contributed by atoms with van der Waals surface area (Å²) in [5.74, 6) is -1.66. The highest BCUT2D eigenvalue weighted by Crippen LogP contribution is 2.01. The number of nitrogens with zero attached hydrogens (tertiary/aromatic N) is 2. The topological polar surface area (TPSA) is 94.5 Å². The molecule has 0 fully saturated rings. The summed E-state index contributed by atoms with van der Waals surface area (Å²) in [6, 6.07) is 10.9. The van der Waals surface area contributed by atoms with Gasteiger partial charge in [0.05, 0.1) is 12.2 Å². The number of hydrogen-bond donors (Lipinski definition) is 1. The molecule has 6 heteroatoms. The Kier molecular flexibility index (Phi) is 4.18. The van der Waals surface area contributed by atoms with E-state index in [-0.39, 0.29) is 11.3 Å². The molecule has 0 aliphatic rings. The molecule has 0 spiro atoms. The van der Waals surface area contributed by atoms with Gasteiger partial charge >= 0.3 is 0 Å². The minimum atomic E-state index is -1.24. The Labute approximate surface area is 114 Å². The normalized spacial score (nSPS) is 10.4. The van der Waals surface area contributed by atoms with Crippen LogP contribution in [0.5, 0.6) is 0 Å². The Bertz CT molecular complexity index is 636. The second-order valence-corrected chi connectivity index (χ2v) is 3.82. The number of rotatable bonds is 4. The smallest absolute Gasteiger partial charge is 0.289 e. The van der Waals surface area contributed by atoms with Crippen LogP contribution in [0.2, 0.25) is 0 Å². The average molecular weight is 268 g/mol. The fraction of sp³-hybridized carbons (Fsp3) is 0. The summed E-state index contributed by atoms with van der Waals surface area (Å²) < 4.78 is 0. The molecule has 0 saturated heterocycles. The lowest BCUT2D eigenvalue weighted by atomic mass is 10.1. The molecule has 1 aromatic heterocycles. The number of carboxylic acid groups (broad SMARTS) is 1. The first kappa shape index (κ1) is 13.4. The molecule has 0 atom stereocenters. The summed E-state index contributed by atoms with van der Waals surface area (Å²) in [5, 5.41) is 14.3. The Balaban J connectivity index is 1.96. The first-order chi connectivity index (χ1) is 9.66. The van der Waals surface area contributed by atoms with Gasteiger partial charge in [0, 0.05) is 6.20 Å². The van der Waals surface area contributed by atoms with Crippen LogP contribution >= 0.6 is 0 Å². The van der Waals surface area contributed by atoms with E-state index in [1.165, 1.54) is 24.5 Å². The average Bonchev–Trinajstić information content (AvgIpc) is 2.48. The number of aromatic nitrogens is 1. The van der Waals surface area contributed by atoms with E-state index in [1.807, 2.05) is 0 Å². The van der Waals surface area contributed by atoms with Crippen molar-refractivity contribution in [2.24, 2.45) is 5.10 Å². The maximum atomic E-state index is 11.6. The number of hydrazone groups is 1. The molecule has 2 rings (SSSR count). The summed E-state index contributed by atoms with van der Waals surface area (Å²) in [7, 11) is 0. The molecule has 0 aliphatic heterocycles. The summed E-state index contributed by atoms with van der Waals surface area (Å²) in [4.78, 5) is 26.0. The van der Waals surface area contributed by atoms with Crippen molar-refractivity contribution in [2.45, 2.75) is 0 Å². The van der Waals surface area contributed by atoms with Crippen molar-refractivity contribution < 1.29 is 14.7 Å². The van der Waals surface area contributed by atoms with E-state index in [0.717, 1.165) is 0 Å². The van der Waals surface area contributed by atoms with Gasteiger partial charge in [-0.2, -0.15) is 5.10 Å². The van der Waals surface area contributed by atoms with Crippen LogP contribution in [0.15, 0.2) is 53.8 Å². The van der Waals surface area contributed by atoms with Gasteiger partial charge in [0.25, 0.3) is 5.91 Å². The highest BCUT2D eigenvalue weighted by molar-refractivity contribution is 5.93. The van der Waals surface area contributed by atoms with E-state index in [4.69, 9.17) is 0 Å². The van der Waals surface area contributed by atoms with E-state index in [1.54, 1.807) is 30.3 Å². The first-order valence-corrected chi connectivity index (χ1v) is 5.72. The predicted molar refractivity (Wildman–Crippen MR) is 70.1 cm³/mol. The predicted octanol–water partition coefficient (Wildman–Crippen LogP) is 0.209. The van der Waals surface area contributed by atoms with Gasteiger partial charge in [-0.3, -0.25) is 9.78 Å². The van der Waals surface area contributed by atoms with Crippen molar-refractivity contribution in [1.29, 1.82) is 0 Å². The Morgan fingerprint density at radius 1 is 1.15 bits per heavy atom. The van der Waals surface area contributed by atoms with Crippen molar-refractivity contribution >= 4 is 18.1 Å². The molecule has 2 aromatic rings. The minimum absolute atomic E-state index is 0.0830. The quantitative estimate of drug-likeness (QED) is 0.633. The van der Waals surface area contributed by atoms with Crippen LogP contribution in [0, 0.1) is 0 Å². The van der Waals surface area contributed by atoms with Crippen LogP contribution in [0.4, 0.5) is 0 Å². The molecule has 0 saturated carbocycles. The van der Waals surface area contributed by atoms with Crippen LogP contribution in [0.25, 0.3) is 0 Å². The second-order valence-electron chi connectivity index (χ2n) is 3.82.